The van der Waals surface area contributed by atoms with Crippen molar-refractivity contribution in [2.24, 2.45) is 0 Å². The first-order valence-corrected chi connectivity index (χ1v) is 11.8. The Kier molecular flexibility index (Phi) is 6.22. The minimum Gasteiger partial charge on any atom is -0.497 e. The third-order valence-electron chi connectivity index (χ3n) is 5.53. The number of methoxy groups -OCH3 is 1. The number of nitrogen functional groups attached to an aromatic ring is 1. The molecular weight excluding hydrogens is 472 g/mol. The lowest BCUT2D eigenvalue weighted by atomic mass is 10.00. The zero-order valence-electron chi connectivity index (χ0n) is 19.2. The molecule has 0 radical (unpaired) electrons. The number of anilines is 3. The first-order chi connectivity index (χ1) is 17.6. The van der Waals surface area contributed by atoms with Crippen molar-refractivity contribution in [1.29, 1.82) is 5.26 Å². The molecular formula is C28H20N4O3S. The standard InChI is InChI=1S/C28H20N4O3S/c1-34-19-14-12-18(13-15-19)31-27-23(28(33)35-20-10-6-3-7-11-20)24-25(36-27)22(17-8-4-2-5-9-17)21(16-29)26(30)32-24/h2-15,31H,1H3,(H2,30,32). The minimum absolute atomic E-state index is 0.0476. The van der Waals surface area contributed by atoms with Gasteiger partial charge in [0.05, 0.1) is 11.8 Å². The number of esters is 1. The summed E-state index contributed by atoms with van der Waals surface area (Å²) in [5.41, 5.74) is 9.27. The van der Waals surface area contributed by atoms with Crippen LogP contribution < -0.4 is 20.5 Å². The highest BCUT2D eigenvalue weighted by Gasteiger charge is 2.27. The highest BCUT2D eigenvalue weighted by molar-refractivity contribution is 7.24. The number of nitriles is 1. The summed E-state index contributed by atoms with van der Waals surface area (Å²) in [6, 6.07) is 27.8. The number of nitrogens with two attached hydrogens (primary N) is 1. The number of nitrogens with one attached hydrogen (secondary N) is 1. The molecule has 0 amide bonds. The molecule has 3 N–H and O–H groups in total. The van der Waals surface area contributed by atoms with Gasteiger partial charge in [0.1, 0.15) is 45.0 Å². The number of aromatic nitrogens is 1. The maximum absolute atomic E-state index is 13.5. The molecule has 36 heavy (non-hydrogen) atoms. The predicted molar refractivity (Wildman–Crippen MR) is 142 cm³/mol. The summed E-state index contributed by atoms with van der Waals surface area (Å²) in [4.78, 5) is 18.0. The zero-order chi connectivity index (χ0) is 25.1. The second-order valence-corrected chi connectivity index (χ2v) is 8.79. The highest BCUT2D eigenvalue weighted by atomic mass is 32.1. The maximum atomic E-state index is 13.5. The number of fused-ring (bicyclic) bond motifs is 1. The first kappa shape index (κ1) is 22.9. The molecule has 3 aromatic carbocycles. The lowest BCUT2D eigenvalue weighted by Crippen LogP contribution is -2.11. The van der Waals surface area contributed by atoms with Crippen LogP contribution in [0.25, 0.3) is 21.3 Å². The van der Waals surface area contributed by atoms with Crippen LogP contribution in [0.15, 0.2) is 84.9 Å². The van der Waals surface area contributed by atoms with Gasteiger partial charge in [-0.3, -0.25) is 0 Å². The van der Waals surface area contributed by atoms with Gasteiger partial charge in [-0.15, -0.1) is 11.3 Å². The molecule has 5 rings (SSSR count). The quantitative estimate of drug-likeness (QED) is 0.209. The smallest absolute Gasteiger partial charge is 0.348 e. The van der Waals surface area contributed by atoms with E-state index in [9.17, 15) is 10.1 Å². The molecule has 5 aromatic rings. The summed E-state index contributed by atoms with van der Waals surface area (Å²) >= 11 is 1.31. The average Bonchev–Trinajstić information content (AvgIpc) is 3.26. The fourth-order valence-electron chi connectivity index (χ4n) is 3.84. The van der Waals surface area contributed by atoms with Gasteiger partial charge in [-0.1, -0.05) is 48.5 Å². The topological polar surface area (TPSA) is 110 Å². The number of benzene rings is 3. The SMILES string of the molecule is COc1ccc(Nc2sc3c(-c4ccccc4)c(C#N)c(N)nc3c2C(=O)Oc2ccccc2)cc1. The molecule has 0 atom stereocenters. The van der Waals surface area contributed by atoms with Gasteiger partial charge in [0.2, 0.25) is 0 Å². The Morgan fingerprint density at radius 1 is 0.972 bits per heavy atom. The largest absolute Gasteiger partial charge is 0.497 e. The average molecular weight is 493 g/mol. The molecule has 0 spiro atoms. The summed E-state index contributed by atoms with van der Waals surface area (Å²) in [5.74, 6) is 0.577. The molecule has 2 aromatic heterocycles. The van der Waals surface area contributed by atoms with Crippen molar-refractivity contribution in [2.45, 2.75) is 0 Å². The number of rotatable bonds is 6. The van der Waals surface area contributed by atoms with Crippen LogP contribution >= 0.6 is 11.3 Å². The Hall–Kier alpha value is -4.87. The second-order valence-electron chi connectivity index (χ2n) is 7.76. The fraction of sp³-hybridized carbons (Fsp3) is 0.0357. The van der Waals surface area contributed by atoms with Crippen LogP contribution in [-0.4, -0.2) is 18.1 Å². The maximum Gasteiger partial charge on any atom is 0.348 e. The molecule has 8 heteroatoms. The van der Waals surface area contributed by atoms with Crippen LogP contribution in [0.5, 0.6) is 11.5 Å². The number of carbonyl (C=O) groups excluding carboxylic acids is 1. The van der Waals surface area contributed by atoms with Crippen LogP contribution in [0.2, 0.25) is 0 Å². The summed E-state index contributed by atoms with van der Waals surface area (Å²) < 4.78 is 11.6. The van der Waals surface area contributed by atoms with E-state index in [-0.39, 0.29) is 16.9 Å². The van der Waals surface area contributed by atoms with Gasteiger partial charge < -0.3 is 20.5 Å². The summed E-state index contributed by atoms with van der Waals surface area (Å²) in [5, 5.41) is 13.7. The number of thiophene rings is 1. The molecule has 0 aliphatic heterocycles. The van der Waals surface area contributed by atoms with E-state index in [2.05, 4.69) is 16.4 Å². The van der Waals surface area contributed by atoms with E-state index in [1.165, 1.54) is 11.3 Å². The van der Waals surface area contributed by atoms with Gasteiger partial charge in [0, 0.05) is 11.3 Å². The predicted octanol–water partition coefficient (Wildman–Crippen LogP) is 6.39. The van der Waals surface area contributed by atoms with Gasteiger partial charge in [-0.25, -0.2) is 9.78 Å². The molecule has 7 nitrogen and oxygen atoms in total. The number of pyridine rings is 1. The number of hydrogen-bond acceptors (Lipinski definition) is 8. The molecule has 0 bridgehead atoms. The Bertz CT molecular complexity index is 1590. The minimum atomic E-state index is -0.584. The highest BCUT2D eigenvalue weighted by Crippen LogP contribution is 2.44. The zero-order valence-corrected chi connectivity index (χ0v) is 20.0. The van der Waals surface area contributed by atoms with E-state index in [0.29, 0.717) is 32.3 Å². The van der Waals surface area contributed by atoms with Crippen molar-refractivity contribution in [3.05, 3.63) is 96.1 Å². The van der Waals surface area contributed by atoms with E-state index in [1.807, 2.05) is 60.7 Å². The number of carbonyl (C=O) groups is 1. The van der Waals surface area contributed by atoms with Crippen molar-refractivity contribution in [1.82, 2.24) is 4.98 Å². The van der Waals surface area contributed by atoms with Crippen LogP contribution in [-0.2, 0) is 0 Å². The Balaban J connectivity index is 1.73. The molecule has 0 saturated carbocycles. The molecule has 0 fully saturated rings. The van der Waals surface area contributed by atoms with Gasteiger partial charge >= 0.3 is 5.97 Å². The van der Waals surface area contributed by atoms with Gasteiger partial charge in [-0.2, -0.15) is 5.26 Å². The van der Waals surface area contributed by atoms with Crippen LogP contribution in [0.1, 0.15) is 15.9 Å². The van der Waals surface area contributed by atoms with E-state index < -0.39 is 5.97 Å². The third kappa shape index (κ3) is 4.31. The van der Waals surface area contributed by atoms with Crippen molar-refractivity contribution >= 4 is 44.0 Å². The van der Waals surface area contributed by atoms with Crippen molar-refractivity contribution in [3.63, 3.8) is 0 Å². The van der Waals surface area contributed by atoms with Crippen molar-refractivity contribution in [2.75, 3.05) is 18.2 Å². The summed E-state index contributed by atoms with van der Waals surface area (Å²) in [6.07, 6.45) is 0. The summed E-state index contributed by atoms with van der Waals surface area (Å²) in [6.45, 7) is 0. The van der Waals surface area contributed by atoms with Gasteiger partial charge in [-0.05, 0) is 42.0 Å². The van der Waals surface area contributed by atoms with E-state index in [1.54, 1.807) is 31.4 Å². The third-order valence-corrected chi connectivity index (χ3v) is 6.64. The van der Waals surface area contributed by atoms with Crippen LogP contribution in [0.4, 0.5) is 16.5 Å². The molecule has 0 unspecified atom stereocenters. The normalized spacial score (nSPS) is 10.6. The van der Waals surface area contributed by atoms with Crippen molar-refractivity contribution in [3.8, 4) is 28.7 Å². The Morgan fingerprint density at radius 3 is 2.28 bits per heavy atom. The summed E-state index contributed by atoms with van der Waals surface area (Å²) in [7, 11) is 1.60. The molecule has 0 aliphatic carbocycles. The molecule has 0 aliphatic rings. The number of para-hydroxylation sites is 1. The Morgan fingerprint density at radius 2 is 1.64 bits per heavy atom. The van der Waals surface area contributed by atoms with E-state index in [4.69, 9.17) is 15.2 Å². The van der Waals surface area contributed by atoms with Crippen molar-refractivity contribution < 1.29 is 14.3 Å². The second kappa shape index (κ2) is 9.78. The molecule has 0 saturated heterocycles. The van der Waals surface area contributed by atoms with Crippen LogP contribution in [0.3, 0.4) is 0 Å². The van der Waals surface area contributed by atoms with E-state index in [0.717, 1.165) is 11.3 Å². The monoisotopic (exact) mass is 492 g/mol. The lowest BCUT2D eigenvalue weighted by Gasteiger charge is -2.10. The molecule has 176 valence electrons. The van der Waals surface area contributed by atoms with E-state index >= 15 is 0 Å². The molecule has 2 heterocycles. The fourth-order valence-corrected chi connectivity index (χ4v) is 5.06. The van der Waals surface area contributed by atoms with Gasteiger partial charge in [0.15, 0.2) is 0 Å². The van der Waals surface area contributed by atoms with Crippen LogP contribution in [0, 0.1) is 11.3 Å². The number of ether oxygens (including phenoxy) is 2. The first-order valence-electron chi connectivity index (χ1n) is 11.0. The Labute approximate surface area is 211 Å². The number of hydrogen-bond donors (Lipinski definition) is 2. The lowest BCUT2D eigenvalue weighted by molar-refractivity contribution is 0.0738. The number of nitrogens with zero attached hydrogens (tertiary/aromatic N) is 2. The van der Waals surface area contributed by atoms with Gasteiger partial charge in [0.25, 0.3) is 0 Å².